The Morgan fingerprint density at radius 3 is 2.32 bits per heavy atom. The van der Waals surface area contributed by atoms with Gasteiger partial charge in [-0.05, 0) is 17.7 Å². The molecule has 1 aromatic carbocycles. The molecule has 1 aliphatic rings. The van der Waals surface area contributed by atoms with Gasteiger partial charge in [-0.3, -0.25) is 9.69 Å². The molecule has 19 heavy (non-hydrogen) atoms. The molecule has 1 aliphatic heterocycles. The van der Waals surface area contributed by atoms with Crippen molar-refractivity contribution in [3.8, 4) is 0 Å². The first-order valence-electron chi connectivity index (χ1n) is 6.52. The molecule has 0 unspecified atom stereocenters. The molecule has 1 heterocycles. The number of amides is 1. The second-order valence-electron chi connectivity index (χ2n) is 4.69. The molecule has 0 radical (unpaired) electrons. The third kappa shape index (κ3) is 3.78. The van der Waals surface area contributed by atoms with Gasteiger partial charge in [-0.1, -0.05) is 28.1 Å². The monoisotopic (exact) mass is 326 g/mol. The zero-order chi connectivity index (χ0) is 13.7. The van der Waals surface area contributed by atoms with Crippen molar-refractivity contribution in [2.75, 3.05) is 39.3 Å². The highest BCUT2D eigenvalue weighted by Crippen LogP contribution is 2.12. The van der Waals surface area contributed by atoms with Gasteiger partial charge in [0.05, 0.1) is 6.61 Å². The first-order chi connectivity index (χ1) is 9.24. The number of halogens is 1. The average Bonchev–Trinajstić information content (AvgIpc) is 2.48. The van der Waals surface area contributed by atoms with E-state index in [-0.39, 0.29) is 12.5 Å². The van der Waals surface area contributed by atoms with E-state index < -0.39 is 0 Å². The average molecular weight is 327 g/mol. The minimum atomic E-state index is 0.102. The van der Waals surface area contributed by atoms with E-state index in [1.165, 1.54) is 5.56 Å². The molecule has 0 spiro atoms. The van der Waals surface area contributed by atoms with Crippen LogP contribution in [0.15, 0.2) is 24.3 Å². The first kappa shape index (κ1) is 14.5. The van der Waals surface area contributed by atoms with E-state index in [9.17, 15) is 4.79 Å². The smallest absolute Gasteiger partial charge is 0.253 e. The largest absolute Gasteiger partial charge is 0.395 e. The van der Waals surface area contributed by atoms with Crippen LogP contribution in [0.2, 0.25) is 0 Å². The van der Waals surface area contributed by atoms with E-state index in [2.05, 4.69) is 20.8 Å². The molecule has 1 aromatic rings. The van der Waals surface area contributed by atoms with E-state index in [0.717, 1.165) is 37.1 Å². The summed E-state index contributed by atoms with van der Waals surface area (Å²) in [5, 5.41) is 9.70. The van der Waals surface area contributed by atoms with Crippen molar-refractivity contribution in [1.29, 1.82) is 0 Å². The molecular formula is C14H19BrN2O2. The molecule has 2 rings (SSSR count). The van der Waals surface area contributed by atoms with E-state index in [1.54, 1.807) is 0 Å². The number of carbonyl (C=O) groups is 1. The van der Waals surface area contributed by atoms with E-state index in [1.807, 2.05) is 29.2 Å². The highest BCUT2D eigenvalue weighted by atomic mass is 79.9. The lowest BCUT2D eigenvalue weighted by Gasteiger charge is -2.34. The Bertz CT molecular complexity index is 414. The van der Waals surface area contributed by atoms with Gasteiger partial charge >= 0.3 is 0 Å². The highest BCUT2D eigenvalue weighted by Gasteiger charge is 2.21. The number of aliphatic hydroxyl groups is 1. The van der Waals surface area contributed by atoms with Crippen LogP contribution < -0.4 is 0 Å². The lowest BCUT2D eigenvalue weighted by Crippen LogP contribution is -2.49. The Balaban J connectivity index is 1.93. The quantitative estimate of drug-likeness (QED) is 0.849. The lowest BCUT2D eigenvalue weighted by molar-refractivity contribution is 0.0615. The van der Waals surface area contributed by atoms with Crippen LogP contribution in [0.25, 0.3) is 0 Å². The van der Waals surface area contributed by atoms with Crippen LogP contribution in [0, 0.1) is 0 Å². The maximum atomic E-state index is 12.3. The van der Waals surface area contributed by atoms with Crippen molar-refractivity contribution in [3.63, 3.8) is 0 Å². The van der Waals surface area contributed by atoms with Crippen molar-refractivity contribution in [2.24, 2.45) is 0 Å². The van der Waals surface area contributed by atoms with Gasteiger partial charge in [0.15, 0.2) is 0 Å². The summed E-state index contributed by atoms with van der Waals surface area (Å²) in [4.78, 5) is 16.4. The SMILES string of the molecule is O=C(c1ccc(CBr)cc1)N1CCN(CCO)CC1. The Morgan fingerprint density at radius 2 is 1.79 bits per heavy atom. The molecule has 1 fully saturated rings. The van der Waals surface area contributed by atoms with Gasteiger partial charge < -0.3 is 10.0 Å². The summed E-state index contributed by atoms with van der Waals surface area (Å²) >= 11 is 3.40. The van der Waals surface area contributed by atoms with Crippen molar-refractivity contribution in [3.05, 3.63) is 35.4 Å². The molecule has 0 bridgehead atoms. The number of rotatable bonds is 4. The van der Waals surface area contributed by atoms with Crippen LogP contribution in [0.4, 0.5) is 0 Å². The molecule has 4 nitrogen and oxygen atoms in total. The predicted octanol–water partition coefficient (Wildman–Crippen LogP) is 1.33. The fourth-order valence-electron chi connectivity index (χ4n) is 2.23. The third-order valence-corrected chi connectivity index (χ3v) is 4.08. The molecule has 0 aromatic heterocycles. The van der Waals surface area contributed by atoms with Crippen molar-refractivity contribution >= 4 is 21.8 Å². The van der Waals surface area contributed by atoms with Gasteiger partial charge in [-0.15, -0.1) is 0 Å². The number of piperazine rings is 1. The number of benzene rings is 1. The van der Waals surface area contributed by atoms with Crippen molar-refractivity contribution in [2.45, 2.75) is 5.33 Å². The van der Waals surface area contributed by atoms with E-state index in [0.29, 0.717) is 6.54 Å². The summed E-state index contributed by atoms with van der Waals surface area (Å²) in [6.45, 7) is 4.03. The van der Waals surface area contributed by atoms with Gasteiger partial charge in [0, 0.05) is 43.6 Å². The molecule has 0 atom stereocenters. The van der Waals surface area contributed by atoms with Gasteiger partial charge in [-0.2, -0.15) is 0 Å². The summed E-state index contributed by atoms with van der Waals surface area (Å²) in [5.74, 6) is 0.102. The number of carbonyl (C=O) groups excluding carboxylic acids is 1. The normalized spacial score (nSPS) is 16.6. The standard InChI is InChI=1S/C14H19BrN2O2/c15-11-12-1-3-13(4-2-12)14(19)17-7-5-16(6-8-17)9-10-18/h1-4,18H,5-11H2. The van der Waals surface area contributed by atoms with E-state index in [4.69, 9.17) is 5.11 Å². The van der Waals surface area contributed by atoms with Crippen LogP contribution >= 0.6 is 15.9 Å². The van der Waals surface area contributed by atoms with Crippen LogP contribution in [0.3, 0.4) is 0 Å². The molecule has 104 valence electrons. The summed E-state index contributed by atoms with van der Waals surface area (Å²) in [7, 11) is 0. The Hall–Kier alpha value is -0.910. The topological polar surface area (TPSA) is 43.8 Å². The maximum absolute atomic E-state index is 12.3. The number of aliphatic hydroxyl groups excluding tert-OH is 1. The second-order valence-corrected chi connectivity index (χ2v) is 5.25. The lowest BCUT2D eigenvalue weighted by atomic mass is 10.1. The Kier molecular flexibility index (Phi) is 5.36. The number of alkyl halides is 1. The molecule has 1 saturated heterocycles. The minimum absolute atomic E-state index is 0.102. The van der Waals surface area contributed by atoms with Crippen LogP contribution in [-0.4, -0.2) is 60.1 Å². The third-order valence-electron chi connectivity index (χ3n) is 3.43. The summed E-state index contributed by atoms with van der Waals surface area (Å²) in [6.07, 6.45) is 0. The molecule has 1 amide bonds. The minimum Gasteiger partial charge on any atom is -0.395 e. The summed E-state index contributed by atoms with van der Waals surface area (Å²) < 4.78 is 0. The molecule has 1 N–H and O–H groups in total. The number of hydrogen-bond donors (Lipinski definition) is 1. The predicted molar refractivity (Wildman–Crippen MR) is 78.5 cm³/mol. The second kappa shape index (κ2) is 7.03. The zero-order valence-corrected chi connectivity index (χ0v) is 12.5. The summed E-state index contributed by atoms with van der Waals surface area (Å²) in [6, 6.07) is 7.73. The fourth-order valence-corrected chi connectivity index (χ4v) is 2.61. The number of β-amino-alcohol motifs (C(OH)–C–C–N with tert-alkyl or cyclic N) is 1. The first-order valence-corrected chi connectivity index (χ1v) is 7.64. The molecular weight excluding hydrogens is 308 g/mol. The maximum Gasteiger partial charge on any atom is 0.253 e. The van der Waals surface area contributed by atoms with Gasteiger partial charge in [0.2, 0.25) is 0 Å². The van der Waals surface area contributed by atoms with Crippen LogP contribution in [0.5, 0.6) is 0 Å². The van der Waals surface area contributed by atoms with Gasteiger partial charge in [-0.25, -0.2) is 0 Å². The molecule has 0 aliphatic carbocycles. The molecule has 5 heteroatoms. The highest BCUT2D eigenvalue weighted by molar-refractivity contribution is 9.08. The number of nitrogens with zero attached hydrogens (tertiary/aromatic N) is 2. The Labute approximate surface area is 122 Å². The van der Waals surface area contributed by atoms with Gasteiger partial charge in [0.25, 0.3) is 5.91 Å². The van der Waals surface area contributed by atoms with Crippen LogP contribution in [0.1, 0.15) is 15.9 Å². The summed E-state index contributed by atoms with van der Waals surface area (Å²) in [5.41, 5.74) is 1.92. The van der Waals surface area contributed by atoms with Crippen molar-refractivity contribution in [1.82, 2.24) is 9.80 Å². The zero-order valence-electron chi connectivity index (χ0n) is 10.9. The Morgan fingerprint density at radius 1 is 1.16 bits per heavy atom. The van der Waals surface area contributed by atoms with Gasteiger partial charge in [0.1, 0.15) is 0 Å². The molecule has 0 saturated carbocycles. The van der Waals surface area contributed by atoms with Crippen LogP contribution in [-0.2, 0) is 5.33 Å². The van der Waals surface area contributed by atoms with Crippen molar-refractivity contribution < 1.29 is 9.90 Å². The number of hydrogen-bond acceptors (Lipinski definition) is 3. The van der Waals surface area contributed by atoms with E-state index >= 15 is 0 Å². The fraction of sp³-hybridized carbons (Fsp3) is 0.500.